The molecular formula is C37H54BFN2O7SSi. The number of hydrogen-bond acceptors (Lipinski definition) is 7. The van der Waals surface area contributed by atoms with E-state index in [1.807, 2.05) is 33.8 Å². The average Bonchev–Trinajstić information content (AvgIpc) is 3.74. The van der Waals surface area contributed by atoms with E-state index in [1.54, 1.807) is 25.2 Å². The summed E-state index contributed by atoms with van der Waals surface area (Å²) in [5.74, 6) is -0.343. The Kier molecular flexibility index (Phi) is 10.8. The molecule has 1 saturated carbocycles. The molecule has 1 atom stereocenters. The number of rotatable bonds is 14. The highest BCUT2D eigenvalue weighted by Gasteiger charge is 2.51. The Hall–Kier alpha value is -2.71. The van der Waals surface area contributed by atoms with Crippen molar-refractivity contribution in [3.63, 3.8) is 0 Å². The molecule has 1 aromatic heterocycles. The van der Waals surface area contributed by atoms with E-state index in [1.165, 1.54) is 12.1 Å². The third-order valence-corrected chi connectivity index (χ3v) is 16.8. The lowest BCUT2D eigenvalue weighted by atomic mass is 9.81. The Labute approximate surface area is 298 Å². The van der Waals surface area contributed by atoms with Crippen molar-refractivity contribution in [1.82, 2.24) is 5.32 Å². The van der Waals surface area contributed by atoms with Gasteiger partial charge < -0.3 is 23.5 Å². The molecule has 0 spiro atoms. The van der Waals surface area contributed by atoms with Crippen LogP contribution in [0, 0.1) is 5.82 Å². The van der Waals surface area contributed by atoms with Crippen molar-refractivity contribution in [3.05, 3.63) is 53.3 Å². The smallest absolute Gasteiger partial charge is 0.455 e. The molecule has 2 aliphatic rings. The van der Waals surface area contributed by atoms with Gasteiger partial charge in [0.1, 0.15) is 17.2 Å². The van der Waals surface area contributed by atoms with E-state index in [-0.39, 0.29) is 35.8 Å². The van der Waals surface area contributed by atoms with Gasteiger partial charge in [0.15, 0.2) is 8.32 Å². The predicted octanol–water partition coefficient (Wildman–Crippen LogP) is 8.87. The molecule has 1 aliphatic carbocycles. The van der Waals surface area contributed by atoms with E-state index < -0.39 is 35.4 Å². The van der Waals surface area contributed by atoms with Crippen molar-refractivity contribution in [2.24, 2.45) is 0 Å². The molecule has 2 aromatic carbocycles. The Balaban J connectivity index is 1.34. The SMILES string of the molecule is CNC(=O)c1c(-c2ccc(F)cc2)oc2cc(NS(=O)(=O)CCCC(CCB3OC(C)(C)C(C)(C)O3)O[Si](C)(C)C(C)(C)C)c(C3CC3)cc12. The maximum absolute atomic E-state index is 13.7. The molecule has 1 saturated heterocycles. The Morgan fingerprint density at radius 3 is 2.24 bits per heavy atom. The standard InChI is InChI=1S/C37H54BFN2O7SSi/c1-35(2,3)50(9,10)46-27(19-20-38-47-36(4,5)37(6,7)48-38)12-11-21-49(43,44)41-30-23-31-29(22-28(30)24-13-14-24)32(34(42)40-8)33(45-31)25-15-17-26(39)18-16-25/h15-18,22-24,27,41H,11-14,19-21H2,1-10H3,(H,40,42). The molecule has 50 heavy (non-hydrogen) atoms. The number of halogens is 1. The number of hydrogen-bond donors (Lipinski definition) is 2. The summed E-state index contributed by atoms with van der Waals surface area (Å²) in [6.07, 6.45) is 4.05. The van der Waals surface area contributed by atoms with E-state index >= 15 is 0 Å². The van der Waals surface area contributed by atoms with Crippen molar-refractivity contribution in [2.75, 3.05) is 17.5 Å². The normalized spacial score (nSPS) is 18.4. The number of carbonyl (C=O) groups excluding carboxylic acids is 1. The van der Waals surface area contributed by atoms with Gasteiger partial charge in [-0.3, -0.25) is 9.52 Å². The maximum Gasteiger partial charge on any atom is 0.457 e. The van der Waals surface area contributed by atoms with E-state index in [2.05, 4.69) is 43.9 Å². The molecule has 274 valence electrons. The van der Waals surface area contributed by atoms with Gasteiger partial charge in [0.25, 0.3) is 5.91 Å². The number of furan rings is 1. The first-order valence-electron chi connectivity index (χ1n) is 17.8. The molecule has 2 N–H and O–H groups in total. The summed E-state index contributed by atoms with van der Waals surface area (Å²) < 4.78 is 69.3. The average molecular weight is 729 g/mol. The molecule has 1 unspecified atom stereocenters. The summed E-state index contributed by atoms with van der Waals surface area (Å²) in [4.78, 5) is 13.1. The summed E-state index contributed by atoms with van der Waals surface area (Å²) in [5, 5.41) is 3.26. The van der Waals surface area contributed by atoms with Crippen molar-refractivity contribution in [2.45, 2.75) is 128 Å². The predicted molar refractivity (Wildman–Crippen MR) is 201 cm³/mol. The molecule has 0 radical (unpaired) electrons. The van der Waals surface area contributed by atoms with Crippen LogP contribution in [0.1, 0.15) is 102 Å². The highest BCUT2D eigenvalue weighted by molar-refractivity contribution is 7.92. The van der Waals surface area contributed by atoms with Crippen LogP contribution in [0.5, 0.6) is 0 Å². The summed E-state index contributed by atoms with van der Waals surface area (Å²) in [6, 6.07) is 9.28. The lowest BCUT2D eigenvalue weighted by molar-refractivity contribution is 0.00578. The van der Waals surface area contributed by atoms with Crippen molar-refractivity contribution < 1.29 is 35.8 Å². The first-order chi connectivity index (χ1) is 23.1. The molecule has 3 aromatic rings. The Bertz CT molecular complexity index is 1800. The van der Waals surface area contributed by atoms with Gasteiger partial charge >= 0.3 is 7.12 Å². The van der Waals surface area contributed by atoms with Gasteiger partial charge in [0, 0.05) is 30.2 Å². The number of sulfonamides is 1. The van der Waals surface area contributed by atoms with Crippen LogP contribution in [0.4, 0.5) is 10.1 Å². The highest BCUT2D eigenvalue weighted by atomic mass is 32.2. The van der Waals surface area contributed by atoms with Gasteiger partial charge in [-0.05, 0) is 126 Å². The first kappa shape index (κ1) is 38.5. The minimum Gasteiger partial charge on any atom is -0.455 e. The van der Waals surface area contributed by atoms with E-state index in [0.29, 0.717) is 59.1 Å². The fourth-order valence-electron chi connectivity index (χ4n) is 6.12. The zero-order chi connectivity index (χ0) is 36.9. The quantitative estimate of drug-likeness (QED) is 0.159. The summed E-state index contributed by atoms with van der Waals surface area (Å²) in [7, 11) is -4.70. The molecule has 9 nitrogen and oxygen atoms in total. The molecular weight excluding hydrogens is 674 g/mol. The van der Waals surface area contributed by atoms with E-state index in [0.717, 1.165) is 18.4 Å². The van der Waals surface area contributed by atoms with Crippen LogP contribution in [0.3, 0.4) is 0 Å². The number of nitrogens with one attached hydrogen (secondary N) is 2. The molecule has 13 heteroatoms. The molecule has 5 rings (SSSR count). The van der Waals surface area contributed by atoms with Gasteiger partial charge in [-0.2, -0.15) is 0 Å². The lowest BCUT2D eigenvalue weighted by Gasteiger charge is -2.39. The van der Waals surface area contributed by atoms with Gasteiger partial charge in [-0.1, -0.05) is 20.8 Å². The maximum atomic E-state index is 13.7. The fraction of sp³-hybridized carbons (Fsp3) is 0.595. The summed E-state index contributed by atoms with van der Waals surface area (Å²) >= 11 is 0. The van der Waals surface area contributed by atoms with Crippen LogP contribution >= 0.6 is 0 Å². The van der Waals surface area contributed by atoms with Crippen molar-refractivity contribution >= 4 is 48.0 Å². The monoisotopic (exact) mass is 728 g/mol. The molecule has 1 amide bonds. The zero-order valence-corrected chi connectivity index (χ0v) is 33.1. The Morgan fingerprint density at radius 1 is 1.06 bits per heavy atom. The second-order valence-electron chi connectivity index (χ2n) is 16.4. The van der Waals surface area contributed by atoms with Crippen LogP contribution < -0.4 is 10.0 Å². The number of anilines is 1. The fourth-order valence-corrected chi connectivity index (χ4v) is 8.70. The summed E-state index contributed by atoms with van der Waals surface area (Å²) in [6.45, 7) is 19.2. The molecule has 2 heterocycles. The van der Waals surface area contributed by atoms with Crippen LogP contribution in [0.25, 0.3) is 22.3 Å². The summed E-state index contributed by atoms with van der Waals surface area (Å²) in [5.41, 5.74) is 1.70. The van der Waals surface area contributed by atoms with Crippen LogP contribution in [0.2, 0.25) is 24.5 Å². The van der Waals surface area contributed by atoms with Crippen LogP contribution in [-0.2, 0) is 23.8 Å². The number of carbonyl (C=O) groups is 1. The minimum absolute atomic E-state index is 0.00116. The topological polar surface area (TPSA) is 116 Å². The third-order valence-electron chi connectivity index (χ3n) is 10.9. The second-order valence-corrected chi connectivity index (χ2v) is 23.0. The van der Waals surface area contributed by atoms with Gasteiger partial charge in [0.05, 0.1) is 28.2 Å². The van der Waals surface area contributed by atoms with Crippen LogP contribution in [0.15, 0.2) is 40.8 Å². The largest absolute Gasteiger partial charge is 0.457 e. The highest BCUT2D eigenvalue weighted by Crippen LogP contribution is 2.47. The van der Waals surface area contributed by atoms with Crippen molar-refractivity contribution in [1.29, 1.82) is 0 Å². The van der Waals surface area contributed by atoms with Crippen molar-refractivity contribution in [3.8, 4) is 11.3 Å². The van der Waals surface area contributed by atoms with Gasteiger partial charge in [0.2, 0.25) is 10.0 Å². The van der Waals surface area contributed by atoms with E-state index in [4.69, 9.17) is 18.2 Å². The third kappa shape index (κ3) is 8.49. The minimum atomic E-state index is -3.75. The number of fused-ring (bicyclic) bond motifs is 1. The van der Waals surface area contributed by atoms with E-state index in [9.17, 15) is 17.6 Å². The van der Waals surface area contributed by atoms with Crippen LogP contribution in [-0.4, -0.2) is 59.9 Å². The zero-order valence-electron chi connectivity index (χ0n) is 31.3. The Morgan fingerprint density at radius 2 is 1.68 bits per heavy atom. The second kappa shape index (κ2) is 14.0. The van der Waals surface area contributed by atoms with Gasteiger partial charge in [-0.15, -0.1) is 0 Å². The molecule has 1 aliphatic heterocycles. The van der Waals surface area contributed by atoms with Gasteiger partial charge in [-0.25, -0.2) is 12.8 Å². The lowest BCUT2D eigenvalue weighted by Crippen LogP contribution is -2.44. The molecule has 0 bridgehead atoms. The number of amides is 1. The first-order valence-corrected chi connectivity index (χ1v) is 22.3. The number of benzene rings is 2. The molecule has 2 fully saturated rings.